The van der Waals surface area contributed by atoms with E-state index in [0.29, 0.717) is 17.3 Å². The van der Waals surface area contributed by atoms with Crippen molar-refractivity contribution in [3.05, 3.63) is 42.4 Å². The van der Waals surface area contributed by atoms with Crippen LogP contribution >= 0.6 is 0 Å². The predicted molar refractivity (Wildman–Crippen MR) is 120 cm³/mol. The van der Waals surface area contributed by atoms with Crippen molar-refractivity contribution in [1.82, 2.24) is 29.5 Å². The Morgan fingerprint density at radius 1 is 1.16 bits per heavy atom. The van der Waals surface area contributed by atoms with Crippen LogP contribution in [0.3, 0.4) is 0 Å². The van der Waals surface area contributed by atoms with Gasteiger partial charge in [-0.25, -0.2) is 9.97 Å². The molecule has 2 fully saturated rings. The number of nitrogens with zero attached hydrogens (tertiary/aromatic N) is 5. The SMILES string of the molecule is CNc1cc(-c2cnc3n(C4CCOCC4)cccc2-3)nc2c(C(=O)NC3CC3)cnn12. The molecule has 9 nitrogen and oxygen atoms in total. The first-order valence-corrected chi connectivity index (χ1v) is 11.1. The lowest BCUT2D eigenvalue weighted by molar-refractivity contribution is 0.0697. The molecule has 0 atom stereocenters. The molecular weight excluding hydrogens is 406 g/mol. The van der Waals surface area contributed by atoms with Crippen molar-refractivity contribution >= 4 is 17.4 Å². The third-order valence-electron chi connectivity index (χ3n) is 6.35. The summed E-state index contributed by atoms with van der Waals surface area (Å²) >= 11 is 0. The molecule has 0 aromatic carbocycles. The highest BCUT2D eigenvalue weighted by Crippen LogP contribution is 2.36. The van der Waals surface area contributed by atoms with Gasteiger partial charge in [0.15, 0.2) is 5.65 Å². The van der Waals surface area contributed by atoms with E-state index < -0.39 is 0 Å². The molecule has 3 aliphatic heterocycles. The molecule has 0 unspecified atom stereocenters. The molecule has 1 saturated heterocycles. The molecule has 1 amide bonds. The summed E-state index contributed by atoms with van der Waals surface area (Å²) in [6, 6.07) is 6.74. The van der Waals surface area contributed by atoms with Crippen molar-refractivity contribution in [3.63, 3.8) is 0 Å². The Bertz CT molecular complexity index is 1270. The molecule has 4 aliphatic rings. The summed E-state index contributed by atoms with van der Waals surface area (Å²) < 4.78 is 9.46. The maximum Gasteiger partial charge on any atom is 0.256 e. The minimum Gasteiger partial charge on any atom is -0.381 e. The first-order chi connectivity index (χ1) is 15.7. The second-order valence-electron chi connectivity index (χ2n) is 8.49. The quantitative estimate of drug-likeness (QED) is 0.504. The number of hydrogen-bond donors (Lipinski definition) is 2. The van der Waals surface area contributed by atoms with E-state index in [0.717, 1.165) is 67.4 Å². The first-order valence-electron chi connectivity index (χ1n) is 11.1. The fourth-order valence-corrected chi connectivity index (χ4v) is 4.45. The Kier molecular flexibility index (Phi) is 4.57. The van der Waals surface area contributed by atoms with E-state index in [-0.39, 0.29) is 11.9 Å². The lowest BCUT2D eigenvalue weighted by atomic mass is 10.0. The average Bonchev–Trinajstić information content (AvgIpc) is 3.37. The second-order valence-corrected chi connectivity index (χ2v) is 8.49. The minimum atomic E-state index is -0.128. The molecule has 1 saturated carbocycles. The molecule has 32 heavy (non-hydrogen) atoms. The molecular formula is C23H25N7O2. The number of nitrogens with one attached hydrogen (secondary N) is 2. The molecule has 6 rings (SSSR count). The fraction of sp³-hybridized carbons (Fsp3) is 0.391. The standard InChI is InChI=1S/C23H25N7O2/c1-24-20-11-19(28-22-18(13-26-30(20)22)23(31)27-14-4-5-14)17-12-25-21-16(17)3-2-8-29(21)15-6-9-32-10-7-15/h2-3,8,11-15,24H,4-7,9-10H2,1H3,(H,27,31). The number of aromatic nitrogens is 5. The third-order valence-corrected chi connectivity index (χ3v) is 6.35. The molecule has 164 valence electrons. The number of rotatable bonds is 5. The van der Waals surface area contributed by atoms with Crippen LogP contribution in [-0.2, 0) is 4.74 Å². The summed E-state index contributed by atoms with van der Waals surface area (Å²) in [4.78, 5) is 22.4. The Balaban J connectivity index is 1.43. The van der Waals surface area contributed by atoms with E-state index in [1.165, 1.54) is 0 Å². The van der Waals surface area contributed by atoms with Gasteiger partial charge in [0.05, 0.1) is 11.9 Å². The highest BCUT2D eigenvalue weighted by Gasteiger charge is 2.27. The first kappa shape index (κ1) is 19.2. The van der Waals surface area contributed by atoms with Crippen molar-refractivity contribution < 1.29 is 9.53 Å². The van der Waals surface area contributed by atoms with E-state index >= 15 is 0 Å². The zero-order valence-electron chi connectivity index (χ0n) is 17.9. The summed E-state index contributed by atoms with van der Waals surface area (Å²) in [5, 5.41) is 10.6. The van der Waals surface area contributed by atoms with Crippen molar-refractivity contribution in [2.45, 2.75) is 37.8 Å². The summed E-state index contributed by atoms with van der Waals surface area (Å²) in [7, 11) is 1.84. The van der Waals surface area contributed by atoms with Crippen LogP contribution in [0.15, 0.2) is 36.8 Å². The highest BCUT2D eigenvalue weighted by molar-refractivity contribution is 6.00. The van der Waals surface area contributed by atoms with Crippen molar-refractivity contribution in [2.75, 3.05) is 25.6 Å². The zero-order chi connectivity index (χ0) is 21.7. The average molecular weight is 432 g/mol. The normalized spacial score (nSPS) is 17.2. The van der Waals surface area contributed by atoms with Crippen LogP contribution in [-0.4, -0.2) is 56.4 Å². The van der Waals surface area contributed by atoms with Gasteiger partial charge in [0.2, 0.25) is 0 Å². The van der Waals surface area contributed by atoms with E-state index in [1.807, 2.05) is 19.3 Å². The van der Waals surface area contributed by atoms with Crippen LogP contribution in [0.5, 0.6) is 0 Å². The minimum absolute atomic E-state index is 0.128. The number of carbonyl (C=O) groups is 1. The number of carbonyl (C=O) groups excluding carboxylic acids is 1. The van der Waals surface area contributed by atoms with Gasteiger partial charge >= 0.3 is 0 Å². The van der Waals surface area contributed by atoms with Crippen LogP contribution in [0.1, 0.15) is 42.1 Å². The highest BCUT2D eigenvalue weighted by atomic mass is 16.5. The summed E-state index contributed by atoms with van der Waals surface area (Å²) in [6.45, 7) is 1.55. The summed E-state index contributed by atoms with van der Waals surface area (Å²) in [5.74, 6) is 1.58. The van der Waals surface area contributed by atoms with Gasteiger partial charge in [-0.1, -0.05) is 0 Å². The number of anilines is 1. The Morgan fingerprint density at radius 3 is 2.78 bits per heavy atom. The molecule has 9 heteroatoms. The largest absolute Gasteiger partial charge is 0.381 e. The van der Waals surface area contributed by atoms with Gasteiger partial charge in [-0.15, -0.1) is 0 Å². The van der Waals surface area contributed by atoms with Gasteiger partial charge in [-0.3, -0.25) is 4.79 Å². The van der Waals surface area contributed by atoms with Crippen molar-refractivity contribution in [1.29, 1.82) is 0 Å². The van der Waals surface area contributed by atoms with E-state index in [2.05, 4.69) is 38.6 Å². The summed E-state index contributed by atoms with van der Waals surface area (Å²) in [5.41, 5.74) is 3.76. The molecule has 2 N–H and O–H groups in total. The monoisotopic (exact) mass is 431 g/mol. The van der Waals surface area contributed by atoms with Crippen molar-refractivity contribution in [3.8, 4) is 22.6 Å². The van der Waals surface area contributed by atoms with Crippen molar-refractivity contribution in [2.24, 2.45) is 0 Å². The van der Waals surface area contributed by atoms with E-state index in [1.54, 1.807) is 10.7 Å². The molecule has 5 heterocycles. The van der Waals surface area contributed by atoms with E-state index in [9.17, 15) is 4.79 Å². The Labute approximate surface area is 185 Å². The van der Waals surface area contributed by atoms with Crippen LogP contribution in [0.2, 0.25) is 0 Å². The fourth-order valence-electron chi connectivity index (χ4n) is 4.45. The maximum atomic E-state index is 12.7. The van der Waals surface area contributed by atoms with E-state index in [4.69, 9.17) is 14.7 Å². The predicted octanol–water partition coefficient (Wildman–Crippen LogP) is 2.98. The molecule has 2 aromatic rings. The van der Waals surface area contributed by atoms with Crippen LogP contribution in [0, 0.1) is 0 Å². The van der Waals surface area contributed by atoms with Gasteiger partial charge in [0.25, 0.3) is 5.91 Å². The van der Waals surface area contributed by atoms with Gasteiger partial charge in [0, 0.05) is 61.9 Å². The van der Waals surface area contributed by atoms with Gasteiger partial charge < -0.3 is 19.9 Å². The molecule has 2 aromatic heterocycles. The Morgan fingerprint density at radius 2 is 2.00 bits per heavy atom. The smallest absolute Gasteiger partial charge is 0.256 e. The second kappa shape index (κ2) is 7.59. The number of pyridine rings is 1. The number of hydrogen-bond acceptors (Lipinski definition) is 6. The zero-order valence-corrected chi connectivity index (χ0v) is 17.9. The molecule has 0 radical (unpaired) electrons. The van der Waals surface area contributed by atoms with Gasteiger partial charge in [-0.05, 0) is 37.8 Å². The topological polar surface area (TPSA) is 98.4 Å². The van der Waals surface area contributed by atoms with Crippen LogP contribution in [0.25, 0.3) is 28.3 Å². The third kappa shape index (κ3) is 3.20. The molecule has 0 spiro atoms. The number of fused-ring (bicyclic) bond motifs is 2. The lowest BCUT2D eigenvalue weighted by Gasteiger charge is -2.26. The molecule has 0 bridgehead atoms. The number of amides is 1. The molecule has 1 aliphatic carbocycles. The van der Waals surface area contributed by atoms with Crippen LogP contribution < -0.4 is 10.6 Å². The van der Waals surface area contributed by atoms with Crippen LogP contribution in [0.4, 0.5) is 5.82 Å². The summed E-state index contributed by atoms with van der Waals surface area (Å²) in [6.07, 6.45) is 9.59. The Hall–Kier alpha value is -3.46. The van der Waals surface area contributed by atoms with Gasteiger partial charge in [-0.2, -0.15) is 9.61 Å². The lowest BCUT2D eigenvalue weighted by Crippen LogP contribution is -2.25. The maximum absolute atomic E-state index is 12.7. The van der Waals surface area contributed by atoms with Gasteiger partial charge in [0.1, 0.15) is 17.2 Å². The number of ether oxygens (including phenoxy) is 1.